The van der Waals surface area contributed by atoms with Crippen LogP contribution in [0.4, 0.5) is 11.4 Å². The first kappa shape index (κ1) is 25.5. The fourth-order valence-electron chi connectivity index (χ4n) is 5.85. The van der Waals surface area contributed by atoms with E-state index in [2.05, 4.69) is 10.6 Å². The molecule has 0 unspecified atom stereocenters. The van der Waals surface area contributed by atoms with E-state index in [1.54, 1.807) is 31.4 Å². The Labute approximate surface area is 223 Å². The van der Waals surface area contributed by atoms with Crippen LogP contribution in [0.15, 0.2) is 72.8 Å². The monoisotopic (exact) mass is 511 g/mol. The van der Waals surface area contributed by atoms with Crippen LogP contribution in [0.5, 0.6) is 5.75 Å². The van der Waals surface area contributed by atoms with E-state index in [-0.39, 0.29) is 23.8 Å². The fraction of sp³-hybridized carbons (Fsp3) is 0.323. The lowest BCUT2D eigenvalue weighted by Gasteiger charge is -2.46. The summed E-state index contributed by atoms with van der Waals surface area (Å²) in [7, 11) is 1.62. The van der Waals surface area contributed by atoms with Gasteiger partial charge in [0.1, 0.15) is 5.75 Å². The van der Waals surface area contributed by atoms with E-state index in [4.69, 9.17) is 4.74 Å². The molecular formula is C31H33N3O4. The first-order valence-electron chi connectivity index (χ1n) is 13.2. The molecule has 196 valence electrons. The van der Waals surface area contributed by atoms with Crippen molar-refractivity contribution >= 4 is 29.1 Å². The zero-order chi connectivity index (χ0) is 26.6. The lowest BCUT2D eigenvalue weighted by atomic mass is 9.77. The smallest absolute Gasteiger partial charge is 0.254 e. The predicted octanol–water partition coefficient (Wildman–Crippen LogP) is 5.91. The summed E-state index contributed by atoms with van der Waals surface area (Å²) in [5.74, 6) is -0.313. The molecule has 0 saturated heterocycles. The van der Waals surface area contributed by atoms with Gasteiger partial charge in [0.15, 0.2) is 0 Å². The maximum atomic E-state index is 14.1. The zero-order valence-electron chi connectivity index (χ0n) is 21.8. The van der Waals surface area contributed by atoms with Crippen LogP contribution in [-0.4, -0.2) is 35.8 Å². The first-order chi connectivity index (χ1) is 18.5. The van der Waals surface area contributed by atoms with Crippen molar-refractivity contribution in [1.29, 1.82) is 0 Å². The molecule has 0 aromatic heterocycles. The maximum Gasteiger partial charge on any atom is 0.254 e. The second-order valence-electron chi connectivity index (χ2n) is 10.0. The summed E-state index contributed by atoms with van der Waals surface area (Å²) >= 11 is 0. The summed E-state index contributed by atoms with van der Waals surface area (Å²) in [5, 5.41) is 5.83. The molecule has 1 fully saturated rings. The molecule has 2 atom stereocenters. The van der Waals surface area contributed by atoms with E-state index in [0.29, 0.717) is 16.9 Å². The minimum atomic E-state index is -0.622. The van der Waals surface area contributed by atoms with Crippen LogP contribution < -0.4 is 15.4 Å². The molecule has 1 saturated carbocycles. The molecule has 1 aliphatic heterocycles. The van der Waals surface area contributed by atoms with Gasteiger partial charge in [0, 0.05) is 29.9 Å². The van der Waals surface area contributed by atoms with E-state index in [1.165, 1.54) is 6.92 Å². The number of methoxy groups -OCH3 is 1. The normalized spacial score (nSPS) is 19.4. The third kappa shape index (κ3) is 5.14. The van der Waals surface area contributed by atoms with Crippen LogP contribution in [0.25, 0.3) is 0 Å². The number of hydrogen-bond acceptors (Lipinski definition) is 4. The SMILES string of the molecule is COc1ccc([C@@H]2[C@@H](C(=O)Nc3cccc(NC(C)=O)c3)c3ccccc3C(=O)N2C2CCCCC2)cc1. The molecule has 5 rings (SSSR count). The molecule has 0 bridgehead atoms. The Hall–Kier alpha value is -4.13. The third-order valence-corrected chi connectivity index (χ3v) is 7.53. The van der Waals surface area contributed by atoms with Crippen LogP contribution in [0.3, 0.4) is 0 Å². The fourth-order valence-corrected chi connectivity index (χ4v) is 5.85. The van der Waals surface area contributed by atoms with Crippen LogP contribution >= 0.6 is 0 Å². The molecule has 3 aromatic rings. The van der Waals surface area contributed by atoms with Crippen molar-refractivity contribution in [3.8, 4) is 5.75 Å². The van der Waals surface area contributed by atoms with Gasteiger partial charge in [-0.25, -0.2) is 0 Å². The van der Waals surface area contributed by atoms with E-state index >= 15 is 0 Å². The molecule has 3 amide bonds. The summed E-state index contributed by atoms with van der Waals surface area (Å²) in [6.07, 6.45) is 5.15. The summed E-state index contributed by atoms with van der Waals surface area (Å²) in [5.41, 5.74) is 3.38. The highest BCUT2D eigenvalue weighted by Crippen LogP contribution is 2.46. The molecule has 38 heavy (non-hydrogen) atoms. The van der Waals surface area contributed by atoms with E-state index in [9.17, 15) is 14.4 Å². The van der Waals surface area contributed by atoms with Crippen molar-refractivity contribution in [2.75, 3.05) is 17.7 Å². The highest BCUT2D eigenvalue weighted by atomic mass is 16.5. The second-order valence-corrected chi connectivity index (χ2v) is 10.0. The van der Waals surface area contributed by atoms with Crippen molar-refractivity contribution < 1.29 is 19.1 Å². The standard InChI is InChI=1S/C31H33N3O4/c1-20(35)32-22-9-8-10-23(19-22)33-30(36)28-26-13-6-7-14-27(26)31(37)34(24-11-4-3-5-12-24)29(28)21-15-17-25(38-2)18-16-21/h6-10,13-19,24,28-29H,3-5,11-12H2,1-2H3,(H,32,35)(H,33,36)/t28-,29+/m0/s1. The molecule has 3 aromatic carbocycles. The Morgan fingerprint density at radius 1 is 0.868 bits per heavy atom. The lowest BCUT2D eigenvalue weighted by Crippen LogP contribution is -2.51. The molecule has 7 nitrogen and oxygen atoms in total. The Morgan fingerprint density at radius 2 is 1.55 bits per heavy atom. The Balaban J connectivity index is 1.59. The van der Waals surface area contributed by atoms with Crippen LogP contribution in [0.2, 0.25) is 0 Å². The Bertz CT molecular complexity index is 1330. The van der Waals surface area contributed by atoms with Gasteiger partial charge in [-0.15, -0.1) is 0 Å². The van der Waals surface area contributed by atoms with Crippen LogP contribution in [-0.2, 0) is 9.59 Å². The van der Waals surface area contributed by atoms with Crippen molar-refractivity contribution in [2.24, 2.45) is 0 Å². The number of amides is 3. The number of fused-ring (bicyclic) bond motifs is 1. The molecule has 0 radical (unpaired) electrons. The number of ether oxygens (including phenoxy) is 1. The maximum absolute atomic E-state index is 14.1. The quantitative estimate of drug-likeness (QED) is 0.431. The largest absolute Gasteiger partial charge is 0.497 e. The number of benzene rings is 3. The number of hydrogen-bond donors (Lipinski definition) is 2. The van der Waals surface area contributed by atoms with Crippen molar-refractivity contribution in [3.63, 3.8) is 0 Å². The summed E-state index contributed by atoms with van der Waals surface area (Å²) in [6.45, 7) is 1.44. The molecule has 2 aliphatic rings. The molecule has 2 N–H and O–H groups in total. The number of nitrogens with one attached hydrogen (secondary N) is 2. The molecule has 1 aliphatic carbocycles. The number of rotatable bonds is 6. The van der Waals surface area contributed by atoms with Gasteiger partial charge in [-0.3, -0.25) is 14.4 Å². The topological polar surface area (TPSA) is 87.7 Å². The number of anilines is 2. The van der Waals surface area contributed by atoms with Gasteiger partial charge < -0.3 is 20.3 Å². The predicted molar refractivity (Wildman–Crippen MR) is 147 cm³/mol. The van der Waals surface area contributed by atoms with Gasteiger partial charge in [0.25, 0.3) is 5.91 Å². The minimum Gasteiger partial charge on any atom is -0.497 e. The third-order valence-electron chi connectivity index (χ3n) is 7.53. The van der Waals surface area contributed by atoms with Gasteiger partial charge in [-0.05, 0) is 60.4 Å². The van der Waals surface area contributed by atoms with Crippen molar-refractivity contribution in [1.82, 2.24) is 4.90 Å². The van der Waals surface area contributed by atoms with Crippen LogP contribution in [0.1, 0.15) is 72.5 Å². The van der Waals surface area contributed by atoms with Gasteiger partial charge in [0.05, 0.1) is 19.1 Å². The van der Waals surface area contributed by atoms with Gasteiger partial charge in [-0.1, -0.05) is 55.7 Å². The average Bonchev–Trinajstić information content (AvgIpc) is 2.93. The minimum absolute atomic E-state index is 0.0231. The number of carbonyl (C=O) groups excluding carboxylic acids is 3. The Kier molecular flexibility index (Phi) is 7.45. The molecule has 7 heteroatoms. The van der Waals surface area contributed by atoms with E-state index in [0.717, 1.165) is 49.0 Å². The summed E-state index contributed by atoms with van der Waals surface area (Å²) in [6, 6.07) is 21.8. The number of carbonyl (C=O) groups is 3. The first-order valence-corrected chi connectivity index (χ1v) is 13.2. The summed E-state index contributed by atoms with van der Waals surface area (Å²) < 4.78 is 5.38. The van der Waals surface area contributed by atoms with Gasteiger partial charge in [-0.2, -0.15) is 0 Å². The highest BCUT2D eigenvalue weighted by Gasteiger charge is 2.46. The second kappa shape index (κ2) is 11.1. The van der Waals surface area contributed by atoms with E-state index in [1.807, 2.05) is 53.4 Å². The van der Waals surface area contributed by atoms with Gasteiger partial charge >= 0.3 is 0 Å². The van der Waals surface area contributed by atoms with Crippen molar-refractivity contribution in [3.05, 3.63) is 89.5 Å². The molecule has 1 heterocycles. The molecular weight excluding hydrogens is 478 g/mol. The van der Waals surface area contributed by atoms with Gasteiger partial charge in [0.2, 0.25) is 11.8 Å². The lowest BCUT2D eigenvalue weighted by molar-refractivity contribution is -0.119. The van der Waals surface area contributed by atoms with Crippen LogP contribution in [0, 0.1) is 0 Å². The number of nitrogens with zero attached hydrogens (tertiary/aromatic N) is 1. The van der Waals surface area contributed by atoms with E-state index < -0.39 is 12.0 Å². The summed E-state index contributed by atoms with van der Waals surface area (Å²) in [4.78, 5) is 41.7. The van der Waals surface area contributed by atoms with Crippen molar-refractivity contribution in [2.45, 2.75) is 57.0 Å². The molecule has 0 spiro atoms. The highest BCUT2D eigenvalue weighted by molar-refractivity contribution is 6.04. The zero-order valence-corrected chi connectivity index (χ0v) is 21.8. The average molecular weight is 512 g/mol. The Morgan fingerprint density at radius 3 is 2.24 bits per heavy atom.